The number of ether oxygens (including phenoxy) is 1. The van der Waals surface area contributed by atoms with E-state index >= 15 is 0 Å². The topological polar surface area (TPSA) is 21.3 Å². The first-order chi connectivity index (χ1) is 8.63. The van der Waals surface area contributed by atoms with E-state index in [2.05, 4.69) is 50.4 Å². The van der Waals surface area contributed by atoms with Gasteiger partial charge in [-0.15, -0.1) is 0 Å². The molecule has 0 aliphatic carbocycles. The minimum atomic E-state index is 0.388. The lowest BCUT2D eigenvalue weighted by Gasteiger charge is -2.15. The van der Waals surface area contributed by atoms with Crippen LogP contribution in [0.25, 0.3) is 0 Å². The van der Waals surface area contributed by atoms with Gasteiger partial charge in [0, 0.05) is 19.2 Å². The molecule has 2 heteroatoms. The molecule has 1 atom stereocenters. The van der Waals surface area contributed by atoms with E-state index < -0.39 is 0 Å². The van der Waals surface area contributed by atoms with Gasteiger partial charge in [0.15, 0.2) is 0 Å². The zero-order valence-corrected chi connectivity index (χ0v) is 12.2. The van der Waals surface area contributed by atoms with Crippen LogP contribution in [0.4, 0.5) is 0 Å². The van der Waals surface area contributed by atoms with Crippen LogP contribution in [-0.4, -0.2) is 19.8 Å². The molecule has 0 aliphatic rings. The molecule has 0 aromatic heterocycles. The highest BCUT2D eigenvalue weighted by Gasteiger charge is 2.04. The second-order valence-corrected chi connectivity index (χ2v) is 5.21. The highest BCUT2D eigenvalue weighted by Crippen LogP contribution is 2.15. The quantitative estimate of drug-likeness (QED) is 0.711. The number of benzene rings is 1. The molecule has 0 saturated carbocycles. The number of nitrogens with one attached hydrogen (secondary N) is 1. The number of hydrogen-bond acceptors (Lipinski definition) is 2. The second kappa shape index (κ2) is 8.28. The molecule has 1 rings (SSSR count). The summed E-state index contributed by atoms with van der Waals surface area (Å²) in [4.78, 5) is 0. The summed E-state index contributed by atoms with van der Waals surface area (Å²) in [6.07, 6.45) is 1.16. The lowest BCUT2D eigenvalue weighted by atomic mass is 10.00. The zero-order valence-electron chi connectivity index (χ0n) is 12.2. The summed E-state index contributed by atoms with van der Waals surface area (Å²) in [7, 11) is 0. The molecule has 1 unspecified atom stereocenters. The van der Waals surface area contributed by atoms with Crippen LogP contribution < -0.4 is 5.32 Å². The van der Waals surface area contributed by atoms with Gasteiger partial charge in [-0.2, -0.15) is 0 Å². The molecule has 2 nitrogen and oxygen atoms in total. The normalized spacial score (nSPS) is 12.9. The van der Waals surface area contributed by atoms with Crippen molar-refractivity contribution in [2.24, 2.45) is 5.92 Å². The summed E-state index contributed by atoms with van der Waals surface area (Å²) in [5, 5.41) is 3.47. The Morgan fingerprint density at radius 3 is 2.33 bits per heavy atom. The van der Waals surface area contributed by atoms with Gasteiger partial charge in [-0.25, -0.2) is 0 Å². The molecule has 0 aliphatic heterocycles. The van der Waals surface area contributed by atoms with Crippen molar-refractivity contribution in [3.8, 4) is 0 Å². The standard InChI is InChI=1S/C16H27NO/c1-5-18-11-10-17-14(4)16-8-6-15(7-9-16)12-13(2)3/h6-9,13-14,17H,5,10-12H2,1-4H3. The van der Waals surface area contributed by atoms with Gasteiger partial charge in [0.1, 0.15) is 0 Å². The van der Waals surface area contributed by atoms with Crippen LogP contribution >= 0.6 is 0 Å². The van der Waals surface area contributed by atoms with E-state index in [1.165, 1.54) is 11.1 Å². The Hall–Kier alpha value is -0.860. The van der Waals surface area contributed by atoms with Crippen molar-refractivity contribution in [2.45, 2.75) is 40.2 Å². The predicted molar refractivity (Wildman–Crippen MR) is 77.9 cm³/mol. The average Bonchev–Trinajstić information content (AvgIpc) is 2.34. The maximum Gasteiger partial charge on any atom is 0.0590 e. The molecule has 1 N–H and O–H groups in total. The lowest BCUT2D eigenvalue weighted by molar-refractivity contribution is 0.147. The molecule has 1 aromatic carbocycles. The van der Waals surface area contributed by atoms with Crippen LogP contribution in [0.2, 0.25) is 0 Å². The minimum absolute atomic E-state index is 0.388. The summed E-state index contributed by atoms with van der Waals surface area (Å²) in [6.45, 7) is 11.2. The van der Waals surface area contributed by atoms with Gasteiger partial charge in [0.05, 0.1) is 6.61 Å². The van der Waals surface area contributed by atoms with E-state index in [4.69, 9.17) is 4.74 Å². The summed E-state index contributed by atoms with van der Waals surface area (Å²) < 4.78 is 5.32. The van der Waals surface area contributed by atoms with E-state index in [9.17, 15) is 0 Å². The largest absolute Gasteiger partial charge is 0.380 e. The van der Waals surface area contributed by atoms with Gasteiger partial charge >= 0.3 is 0 Å². The van der Waals surface area contributed by atoms with Crippen molar-refractivity contribution in [3.63, 3.8) is 0 Å². The van der Waals surface area contributed by atoms with Gasteiger partial charge in [0.25, 0.3) is 0 Å². The molecule has 0 amide bonds. The van der Waals surface area contributed by atoms with Crippen LogP contribution in [0, 0.1) is 5.92 Å². The van der Waals surface area contributed by atoms with Crippen LogP contribution in [0.1, 0.15) is 44.9 Å². The monoisotopic (exact) mass is 249 g/mol. The van der Waals surface area contributed by atoms with Crippen molar-refractivity contribution in [3.05, 3.63) is 35.4 Å². The molecule has 102 valence electrons. The van der Waals surface area contributed by atoms with Crippen LogP contribution in [0.5, 0.6) is 0 Å². The van der Waals surface area contributed by atoms with E-state index in [0.717, 1.165) is 32.1 Å². The first-order valence-corrected chi connectivity index (χ1v) is 7.03. The zero-order chi connectivity index (χ0) is 13.4. The highest BCUT2D eigenvalue weighted by molar-refractivity contribution is 5.25. The minimum Gasteiger partial charge on any atom is -0.380 e. The fourth-order valence-corrected chi connectivity index (χ4v) is 2.02. The van der Waals surface area contributed by atoms with Crippen molar-refractivity contribution < 1.29 is 4.74 Å². The van der Waals surface area contributed by atoms with Gasteiger partial charge in [-0.3, -0.25) is 0 Å². The fourth-order valence-electron chi connectivity index (χ4n) is 2.02. The Morgan fingerprint density at radius 2 is 1.78 bits per heavy atom. The first kappa shape index (κ1) is 15.2. The Bertz CT molecular complexity index is 318. The smallest absolute Gasteiger partial charge is 0.0590 e. The summed E-state index contributed by atoms with van der Waals surface area (Å²) in [6, 6.07) is 9.34. The van der Waals surface area contributed by atoms with E-state index in [-0.39, 0.29) is 0 Å². The molecule has 0 fully saturated rings. The van der Waals surface area contributed by atoms with Crippen LogP contribution in [0.15, 0.2) is 24.3 Å². The van der Waals surface area contributed by atoms with E-state index in [1.807, 2.05) is 6.92 Å². The molecule has 1 aromatic rings. The van der Waals surface area contributed by atoms with Crippen molar-refractivity contribution >= 4 is 0 Å². The van der Waals surface area contributed by atoms with Gasteiger partial charge < -0.3 is 10.1 Å². The van der Waals surface area contributed by atoms with Crippen molar-refractivity contribution in [1.82, 2.24) is 5.32 Å². The summed E-state index contributed by atoms with van der Waals surface area (Å²) >= 11 is 0. The van der Waals surface area contributed by atoms with E-state index in [0.29, 0.717) is 6.04 Å². The predicted octanol–water partition coefficient (Wildman–Crippen LogP) is 3.57. The molecular formula is C16H27NO. The third kappa shape index (κ3) is 5.65. The highest BCUT2D eigenvalue weighted by atomic mass is 16.5. The van der Waals surface area contributed by atoms with Gasteiger partial charge in [-0.1, -0.05) is 38.1 Å². The molecule has 18 heavy (non-hydrogen) atoms. The van der Waals surface area contributed by atoms with Crippen LogP contribution in [-0.2, 0) is 11.2 Å². The molecule has 0 heterocycles. The first-order valence-electron chi connectivity index (χ1n) is 7.03. The Balaban J connectivity index is 2.41. The molecular weight excluding hydrogens is 222 g/mol. The number of hydrogen-bond donors (Lipinski definition) is 1. The van der Waals surface area contributed by atoms with Crippen LogP contribution in [0.3, 0.4) is 0 Å². The second-order valence-electron chi connectivity index (χ2n) is 5.21. The SMILES string of the molecule is CCOCCNC(C)c1ccc(CC(C)C)cc1. The number of rotatable bonds is 8. The van der Waals surface area contributed by atoms with Gasteiger partial charge in [-0.05, 0) is 37.3 Å². The molecule has 0 saturated heterocycles. The van der Waals surface area contributed by atoms with Crippen molar-refractivity contribution in [2.75, 3.05) is 19.8 Å². The molecule has 0 spiro atoms. The third-order valence-corrected chi connectivity index (χ3v) is 3.02. The fraction of sp³-hybridized carbons (Fsp3) is 0.625. The van der Waals surface area contributed by atoms with Gasteiger partial charge in [0.2, 0.25) is 0 Å². The Labute approximate surface area is 112 Å². The van der Waals surface area contributed by atoms with E-state index in [1.54, 1.807) is 0 Å². The maximum absolute atomic E-state index is 5.32. The van der Waals surface area contributed by atoms with Crippen molar-refractivity contribution in [1.29, 1.82) is 0 Å². The third-order valence-electron chi connectivity index (χ3n) is 3.02. The average molecular weight is 249 g/mol. The lowest BCUT2D eigenvalue weighted by Crippen LogP contribution is -2.23. The Morgan fingerprint density at radius 1 is 1.11 bits per heavy atom. The molecule has 0 bridgehead atoms. The maximum atomic E-state index is 5.32. The summed E-state index contributed by atoms with van der Waals surface area (Å²) in [5.74, 6) is 0.720. The Kier molecular flexibility index (Phi) is 6.99. The summed E-state index contributed by atoms with van der Waals surface area (Å²) in [5.41, 5.74) is 2.77. The molecule has 0 radical (unpaired) electrons.